The zero-order chi connectivity index (χ0) is 25.5. The number of amides is 2. The molecule has 0 aliphatic carbocycles. The van der Waals surface area contributed by atoms with Crippen molar-refractivity contribution in [2.45, 2.75) is 32.9 Å². The Morgan fingerprint density at radius 2 is 1.71 bits per heavy atom. The van der Waals surface area contributed by atoms with Crippen LogP contribution in [0.2, 0.25) is 5.02 Å². The molecule has 0 heterocycles. The Morgan fingerprint density at radius 1 is 1.03 bits per heavy atom. The molecule has 6 nitrogen and oxygen atoms in total. The fourth-order valence-corrected chi connectivity index (χ4v) is 4.02. The lowest BCUT2D eigenvalue weighted by atomic mass is 10.1. The molecule has 0 aromatic heterocycles. The lowest BCUT2D eigenvalue weighted by Crippen LogP contribution is -2.38. The van der Waals surface area contributed by atoms with E-state index >= 15 is 0 Å². The van der Waals surface area contributed by atoms with Crippen molar-refractivity contribution in [1.29, 1.82) is 0 Å². The Hall–Kier alpha value is -3.51. The number of carbonyl (C=O) groups is 2. The van der Waals surface area contributed by atoms with Crippen molar-refractivity contribution >= 4 is 34.8 Å². The summed E-state index contributed by atoms with van der Waals surface area (Å²) in [7, 11) is 5.52. The highest BCUT2D eigenvalue weighted by molar-refractivity contribution is 6.34. The fourth-order valence-electron chi connectivity index (χ4n) is 3.80. The molecule has 1 unspecified atom stereocenters. The second-order valence-electron chi connectivity index (χ2n) is 8.59. The highest BCUT2D eigenvalue weighted by Crippen LogP contribution is 2.27. The van der Waals surface area contributed by atoms with Gasteiger partial charge in [0.2, 0.25) is 0 Å². The first-order chi connectivity index (χ1) is 16.7. The predicted octanol–water partition coefficient (Wildman–Crippen LogP) is 6.11. The van der Waals surface area contributed by atoms with E-state index in [0.29, 0.717) is 34.1 Å². The number of hydrogen-bond donors (Lipinski definition) is 1. The van der Waals surface area contributed by atoms with E-state index in [0.717, 1.165) is 17.7 Å². The number of nitrogens with one attached hydrogen (secondary N) is 1. The number of benzene rings is 3. The topological polar surface area (TPSA) is 61.9 Å². The van der Waals surface area contributed by atoms with Crippen molar-refractivity contribution in [3.8, 4) is 5.75 Å². The summed E-state index contributed by atoms with van der Waals surface area (Å²) in [6.07, 6.45) is 0.808. The minimum Gasteiger partial charge on any atom is -0.497 e. The standard InChI is InChI=1S/C28H32ClN3O3/c1-6-19(2)32(28(34)20-11-14-23(35-5)15-12-20)18-21-17-22(13-16-26(21)31(3)4)30-27(33)24-9-7-8-10-25(24)29/h7-17,19H,6,18H2,1-5H3,(H,30,33). The van der Waals surface area contributed by atoms with Gasteiger partial charge in [-0.3, -0.25) is 9.59 Å². The maximum atomic E-state index is 13.5. The third kappa shape index (κ3) is 6.34. The lowest BCUT2D eigenvalue weighted by Gasteiger charge is -2.31. The second-order valence-corrected chi connectivity index (χ2v) is 9.00. The summed E-state index contributed by atoms with van der Waals surface area (Å²) < 4.78 is 5.23. The summed E-state index contributed by atoms with van der Waals surface area (Å²) in [6, 6.07) is 19.8. The van der Waals surface area contributed by atoms with Crippen molar-refractivity contribution in [3.05, 3.63) is 88.4 Å². The molecule has 0 radical (unpaired) electrons. The number of rotatable bonds is 9. The molecule has 0 fully saturated rings. The quantitative estimate of drug-likeness (QED) is 0.390. The van der Waals surface area contributed by atoms with Crippen molar-refractivity contribution in [3.63, 3.8) is 0 Å². The smallest absolute Gasteiger partial charge is 0.257 e. The van der Waals surface area contributed by atoms with Gasteiger partial charge in [-0.2, -0.15) is 0 Å². The molecule has 1 atom stereocenters. The summed E-state index contributed by atoms with van der Waals surface area (Å²) in [5, 5.41) is 3.33. The highest BCUT2D eigenvalue weighted by Gasteiger charge is 2.23. The van der Waals surface area contributed by atoms with Gasteiger partial charge in [-0.25, -0.2) is 0 Å². The Kier molecular flexibility index (Phi) is 8.77. The molecule has 0 aliphatic rings. The van der Waals surface area contributed by atoms with Crippen LogP contribution in [0, 0.1) is 0 Å². The average Bonchev–Trinajstić information content (AvgIpc) is 2.86. The molecule has 2 amide bonds. The molecule has 35 heavy (non-hydrogen) atoms. The normalized spacial score (nSPS) is 11.5. The Balaban J connectivity index is 1.92. The minimum absolute atomic E-state index is 0.0148. The number of halogens is 1. The van der Waals surface area contributed by atoms with Gasteiger partial charge in [0.05, 0.1) is 17.7 Å². The molecule has 3 rings (SSSR count). The van der Waals surface area contributed by atoms with E-state index < -0.39 is 0 Å². The zero-order valence-corrected chi connectivity index (χ0v) is 21.6. The van der Waals surface area contributed by atoms with Gasteiger partial charge in [0.25, 0.3) is 11.8 Å². The van der Waals surface area contributed by atoms with Crippen LogP contribution in [0.1, 0.15) is 46.5 Å². The Bertz CT molecular complexity index is 1180. The van der Waals surface area contributed by atoms with Crippen LogP contribution in [0.3, 0.4) is 0 Å². The first-order valence-electron chi connectivity index (χ1n) is 11.6. The maximum Gasteiger partial charge on any atom is 0.257 e. The van der Waals surface area contributed by atoms with Crippen LogP contribution in [0.4, 0.5) is 11.4 Å². The summed E-state index contributed by atoms with van der Waals surface area (Å²) in [5.41, 5.74) is 3.53. The molecule has 0 saturated carbocycles. The van der Waals surface area contributed by atoms with Crippen LogP contribution >= 0.6 is 11.6 Å². The zero-order valence-electron chi connectivity index (χ0n) is 20.8. The van der Waals surface area contributed by atoms with Crippen LogP contribution in [0.5, 0.6) is 5.75 Å². The van der Waals surface area contributed by atoms with Crippen LogP contribution in [-0.2, 0) is 6.54 Å². The van der Waals surface area contributed by atoms with E-state index in [2.05, 4.69) is 12.2 Å². The van der Waals surface area contributed by atoms with E-state index in [1.54, 1.807) is 55.6 Å². The van der Waals surface area contributed by atoms with E-state index in [-0.39, 0.29) is 17.9 Å². The van der Waals surface area contributed by atoms with Crippen molar-refractivity contribution < 1.29 is 14.3 Å². The first kappa shape index (κ1) is 26.1. The average molecular weight is 494 g/mol. The van der Waals surface area contributed by atoms with Gasteiger partial charge in [-0.05, 0) is 73.5 Å². The monoisotopic (exact) mass is 493 g/mol. The van der Waals surface area contributed by atoms with E-state index in [9.17, 15) is 9.59 Å². The molecule has 184 valence electrons. The van der Waals surface area contributed by atoms with Gasteiger partial charge >= 0.3 is 0 Å². The van der Waals surface area contributed by atoms with Crippen molar-refractivity contribution in [2.24, 2.45) is 0 Å². The van der Waals surface area contributed by atoms with Gasteiger partial charge in [0.15, 0.2) is 0 Å². The lowest BCUT2D eigenvalue weighted by molar-refractivity contribution is 0.0671. The fraction of sp³-hybridized carbons (Fsp3) is 0.286. The van der Waals surface area contributed by atoms with Crippen molar-refractivity contribution in [2.75, 3.05) is 31.4 Å². The van der Waals surface area contributed by atoms with E-state index in [1.165, 1.54) is 0 Å². The summed E-state index contributed by atoms with van der Waals surface area (Å²) >= 11 is 6.20. The van der Waals surface area contributed by atoms with Gasteiger partial charge < -0.3 is 19.9 Å². The van der Waals surface area contributed by atoms with Crippen LogP contribution in [-0.4, -0.2) is 44.0 Å². The molecular weight excluding hydrogens is 462 g/mol. The summed E-state index contributed by atoms with van der Waals surface area (Å²) in [4.78, 5) is 30.2. The number of hydrogen-bond acceptors (Lipinski definition) is 4. The van der Waals surface area contributed by atoms with Gasteiger partial charge in [-0.1, -0.05) is 30.7 Å². The first-order valence-corrected chi connectivity index (χ1v) is 11.9. The van der Waals surface area contributed by atoms with E-state index in [1.807, 2.05) is 49.0 Å². The second kappa shape index (κ2) is 11.8. The van der Waals surface area contributed by atoms with Crippen LogP contribution in [0.15, 0.2) is 66.7 Å². The molecule has 0 spiro atoms. The minimum atomic E-state index is -0.285. The molecule has 7 heteroatoms. The number of nitrogens with zero attached hydrogens (tertiary/aromatic N) is 2. The number of carbonyl (C=O) groups excluding carboxylic acids is 2. The molecule has 0 aliphatic heterocycles. The third-order valence-corrected chi connectivity index (χ3v) is 6.33. The summed E-state index contributed by atoms with van der Waals surface area (Å²) in [6.45, 7) is 4.50. The van der Waals surface area contributed by atoms with Crippen molar-refractivity contribution in [1.82, 2.24) is 4.90 Å². The summed E-state index contributed by atoms with van der Waals surface area (Å²) in [5.74, 6) is 0.359. The SMILES string of the molecule is CCC(C)N(Cc1cc(NC(=O)c2ccccc2Cl)ccc1N(C)C)C(=O)c1ccc(OC)cc1. The maximum absolute atomic E-state index is 13.5. The van der Waals surface area contributed by atoms with Crippen LogP contribution in [0.25, 0.3) is 0 Å². The largest absolute Gasteiger partial charge is 0.497 e. The van der Waals surface area contributed by atoms with E-state index in [4.69, 9.17) is 16.3 Å². The predicted molar refractivity (Wildman–Crippen MR) is 143 cm³/mol. The van der Waals surface area contributed by atoms with Gasteiger partial charge in [0, 0.05) is 43.6 Å². The van der Waals surface area contributed by atoms with Gasteiger partial charge in [0.1, 0.15) is 5.75 Å². The number of methoxy groups -OCH3 is 1. The highest BCUT2D eigenvalue weighted by atomic mass is 35.5. The van der Waals surface area contributed by atoms with Gasteiger partial charge in [-0.15, -0.1) is 0 Å². The molecule has 3 aromatic carbocycles. The number of anilines is 2. The third-order valence-electron chi connectivity index (χ3n) is 6.00. The molecular formula is C28H32ClN3O3. The Morgan fingerprint density at radius 3 is 2.31 bits per heavy atom. The Labute approximate surface area is 212 Å². The van der Waals surface area contributed by atoms with Crippen LogP contribution < -0.4 is 15.0 Å². The number of ether oxygens (including phenoxy) is 1. The molecule has 3 aromatic rings. The molecule has 1 N–H and O–H groups in total. The molecule has 0 bridgehead atoms. The molecule has 0 saturated heterocycles.